The third-order valence-electron chi connectivity index (χ3n) is 3.83. The molecule has 3 heterocycles. The van der Waals surface area contributed by atoms with Crippen molar-refractivity contribution in [2.24, 2.45) is 0 Å². The number of nitrogens with zero attached hydrogens (tertiary/aromatic N) is 3. The van der Waals surface area contributed by atoms with Crippen LogP contribution >= 0.6 is 11.3 Å². The number of aromatic nitrogens is 4. The number of aromatic amines is 1. The zero-order valence-corrected chi connectivity index (χ0v) is 14.1. The highest BCUT2D eigenvalue weighted by Gasteiger charge is 2.12. The van der Waals surface area contributed by atoms with E-state index in [4.69, 9.17) is 0 Å². The van der Waals surface area contributed by atoms with Crippen molar-refractivity contribution >= 4 is 33.4 Å². The van der Waals surface area contributed by atoms with E-state index in [0.29, 0.717) is 18.0 Å². The minimum absolute atomic E-state index is 0. The molecule has 0 aliphatic heterocycles. The number of hydrogen-bond donors (Lipinski definition) is 2. The average Bonchev–Trinajstić information content (AvgIpc) is 3.30. The van der Waals surface area contributed by atoms with Gasteiger partial charge in [-0.25, -0.2) is 15.0 Å². The molecule has 0 spiro atoms. The smallest absolute Gasteiger partial charge is 0.226 e. The van der Waals surface area contributed by atoms with Gasteiger partial charge in [-0.2, -0.15) is 0 Å². The van der Waals surface area contributed by atoms with Crippen LogP contribution in [0.15, 0.2) is 54.3 Å². The Bertz CT molecular complexity index is 1010. The third-order valence-corrected chi connectivity index (χ3v) is 4.59. The van der Waals surface area contributed by atoms with Crippen LogP contribution in [0.3, 0.4) is 0 Å². The minimum atomic E-state index is -0.0424. The largest absolute Gasteiger partial charge is 0.346 e. The number of thiazole rings is 1. The van der Waals surface area contributed by atoms with E-state index in [1.165, 1.54) is 17.7 Å². The van der Waals surface area contributed by atoms with Crippen LogP contribution in [-0.4, -0.2) is 25.8 Å². The Hall–Kier alpha value is -3.06. The molecule has 0 fully saturated rings. The molecule has 0 atom stereocenters. The maximum atomic E-state index is 12.1. The van der Waals surface area contributed by atoms with E-state index in [-0.39, 0.29) is 7.33 Å². The molecule has 0 saturated carbocycles. The minimum Gasteiger partial charge on any atom is -0.346 e. The van der Waals surface area contributed by atoms with Gasteiger partial charge in [-0.05, 0) is 18.1 Å². The Balaban J connectivity index is 0.00000196. The number of nitrogens with one attached hydrogen (secondary N) is 2. The van der Waals surface area contributed by atoms with Crippen molar-refractivity contribution in [3.63, 3.8) is 0 Å². The van der Waals surface area contributed by atoms with Crippen LogP contribution in [0.4, 0.5) is 5.13 Å². The zero-order chi connectivity index (χ0) is 17.1. The first-order valence-electron chi connectivity index (χ1n) is 7.87. The van der Waals surface area contributed by atoms with Crippen LogP contribution in [0.2, 0.25) is 0 Å². The second-order valence-corrected chi connectivity index (χ2v) is 6.39. The molecule has 126 valence electrons. The van der Waals surface area contributed by atoms with E-state index < -0.39 is 0 Å². The highest BCUT2D eigenvalue weighted by molar-refractivity contribution is 7.14. The first-order chi connectivity index (χ1) is 12.3. The molecule has 2 N–H and O–H groups in total. The van der Waals surface area contributed by atoms with Gasteiger partial charge in [0.2, 0.25) is 5.91 Å². The number of amides is 1. The fraction of sp³-hybridized carbons (Fsp3) is 0.111. The summed E-state index contributed by atoms with van der Waals surface area (Å²) in [6.07, 6.45) is 4.46. The SMILES string of the molecule is O=C(CCc1ccccc1)Nc1nc(-c2ncnc3[nH]ccc23)cs1.[HH]. The Morgan fingerprint density at radius 1 is 1.20 bits per heavy atom. The molecule has 4 aromatic rings. The monoisotopic (exact) mass is 351 g/mol. The van der Waals surface area contributed by atoms with Gasteiger partial charge in [-0.3, -0.25) is 4.79 Å². The number of aryl methyl sites for hydroxylation is 1. The Labute approximate surface area is 149 Å². The zero-order valence-electron chi connectivity index (χ0n) is 13.3. The second-order valence-electron chi connectivity index (χ2n) is 5.53. The number of anilines is 1. The molecule has 0 radical (unpaired) electrons. The van der Waals surface area contributed by atoms with Crippen molar-refractivity contribution in [1.29, 1.82) is 0 Å². The van der Waals surface area contributed by atoms with Gasteiger partial charge in [0, 0.05) is 24.8 Å². The van der Waals surface area contributed by atoms with Crippen molar-refractivity contribution in [3.05, 3.63) is 59.9 Å². The topological polar surface area (TPSA) is 83.6 Å². The molecule has 0 bridgehead atoms. The molecule has 0 aliphatic carbocycles. The molecular formula is C18H17N5OS. The van der Waals surface area contributed by atoms with E-state index in [1.54, 1.807) is 0 Å². The summed E-state index contributed by atoms with van der Waals surface area (Å²) in [6.45, 7) is 0. The fourth-order valence-electron chi connectivity index (χ4n) is 2.60. The Morgan fingerprint density at radius 3 is 2.96 bits per heavy atom. The van der Waals surface area contributed by atoms with Crippen molar-refractivity contribution < 1.29 is 6.22 Å². The highest BCUT2D eigenvalue weighted by atomic mass is 32.1. The number of carbonyl (C=O) groups excluding carboxylic acids is 1. The summed E-state index contributed by atoms with van der Waals surface area (Å²) in [7, 11) is 0. The van der Waals surface area contributed by atoms with Crippen molar-refractivity contribution in [1.82, 2.24) is 19.9 Å². The predicted molar refractivity (Wildman–Crippen MR) is 101 cm³/mol. The van der Waals surface area contributed by atoms with E-state index in [9.17, 15) is 4.79 Å². The van der Waals surface area contributed by atoms with E-state index in [2.05, 4.69) is 25.3 Å². The van der Waals surface area contributed by atoms with Gasteiger partial charge in [-0.1, -0.05) is 30.3 Å². The first kappa shape index (κ1) is 15.5. The molecule has 25 heavy (non-hydrogen) atoms. The van der Waals surface area contributed by atoms with E-state index in [1.807, 2.05) is 48.0 Å². The average molecular weight is 351 g/mol. The van der Waals surface area contributed by atoms with Crippen LogP contribution < -0.4 is 5.32 Å². The van der Waals surface area contributed by atoms with Gasteiger partial charge in [0.1, 0.15) is 23.4 Å². The van der Waals surface area contributed by atoms with Crippen LogP contribution in [-0.2, 0) is 11.2 Å². The third kappa shape index (κ3) is 3.41. The lowest BCUT2D eigenvalue weighted by Gasteiger charge is -2.02. The number of rotatable bonds is 5. The number of benzene rings is 1. The van der Waals surface area contributed by atoms with Crippen molar-refractivity contribution in [3.8, 4) is 11.4 Å². The van der Waals surface area contributed by atoms with Gasteiger partial charge in [0.15, 0.2) is 5.13 Å². The molecule has 0 saturated heterocycles. The van der Waals surface area contributed by atoms with E-state index >= 15 is 0 Å². The molecule has 0 aliphatic rings. The van der Waals surface area contributed by atoms with Gasteiger partial charge in [0.25, 0.3) is 0 Å². The first-order valence-corrected chi connectivity index (χ1v) is 8.75. The maximum absolute atomic E-state index is 12.1. The summed E-state index contributed by atoms with van der Waals surface area (Å²) >= 11 is 1.39. The van der Waals surface area contributed by atoms with Gasteiger partial charge >= 0.3 is 0 Å². The van der Waals surface area contributed by atoms with Crippen LogP contribution in [0, 0.1) is 0 Å². The molecule has 0 unspecified atom stereocenters. The number of carbonyl (C=O) groups is 1. The van der Waals surface area contributed by atoms with Gasteiger partial charge in [0.05, 0.1) is 0 Å². The molecular weight excluding hydrogens is 334 g/mol. The molecule has 4 rings (SSSR count). The van der Waals surface area contributed by atoms with Crippen LogP contribution in [0.5, 0.6) is 0 Å². The molecule has 1 amide bonds. The van der Waals surface area contributed by atoms with Crippen LogP contribution in [0.1, 0.15) is 13.4 Å². The summed E-state index contributed by atoms with van der Waals surface area (Å²) in [5.41, 5.74) is 3.41. The van der Waals surface area contributed by atoms with Crippen molar-refractivity contribution in [2.75, 3.05) is 5.32 Å². The Kier molecular flexibility index (Phi) is 4.22. The Morgan fingerprint density at radius 2 is 2.08 bits per heavy atom. The van der Waals surface area contributed by atoms with Gasteiger partial charge in [-0.15, -0.1) is 11.3 Å². The quantitative estimate of drug-likeness (QED) is 0.571. The highest BCUT2D eigenvalue weighted by Crippen LogP contribution is 2.28. The van der Waals surface area contributed by atoms with Crippen LogP contribution in [0.25, 0.3) is 22.4 Å². The summed E-state index contributed by atoms with van der Waals surface area (Å²) in [4.78, 5) is 28.2. The number of hydrogen-bond acceptors (Lipinski definition) is 5. The number of H-pyrrole nitrogens is 1. The second kappa shape index (κ2) is 6.82. The normalized spacial score (nSPS) is 10.9. The summed E-state index contributed by atoms with van der Waals surface area (Å²) in [6, 6.07) is 11.9. The summed E-state index contributed by atoms with van der Waals surface area (Å²) < 4.78 is 0. The van der Waals surface area contributed by atoms with Crippen molar-refractivity contribution in [2.45, 2.75) is 12.8 Å². The lowest BCUT2D eigenvalue weighted by molar-refractivity contribution is -0.116. The lowest BCUT2D eigenvalue weighted by Crippen LogP contribution is -2.12. The summed E-state index contributed by atoms with van der Waals surface area (Å²) in [5, 5.41) is 6.24. The molecule has 7 heteroatoms. The number of fused-ring (bicyclic) bond motifs is 1. The van der Waals surface area contributed by atoms with E-state index in [0.717, 1.165) is 28.0 Å². The molecule has 3 aromatic heterocycles. The molecule has 6 nitrogen and oxygen atoms in total. The standard InChI is InChI=1S/C18H15N5OS.H2/c24-15(7-6-12-4-2-1-3-5-12)23-18-22-14(10-25-18)16-13-8-9-19-17(13)21-11-20-16;/h1-5,8-11H,6-7H2,(H,19,20,21)(H,22,23,24);1H. The summed E-state index contributed by atoms with van der Waals surface area (Å²) in [5.74, 6) is -0.0424. The maximum Gasteiger partial charge on any atom is 0.226 e. The lowest BCUT2D eigenvalue weighted by atomic mass is 10.1. The molecule has 1 aromatic carbocycles. The fourth-order valence-corrected chi connectivity index (χ4v) is 3.31. The van der Waals surface area contributed by atoms with Gasteiger partial charge < -0.3 is 10.3 Å². The predicted octanol–water partition coefficient (Wildman–Crippen LogP) is 3.90.